The van der Waals surface area contributed by atoms with Crippen molar-refractivity contribution in [1.29, 1.82) is 0 Å². The average molecular weight is 235 g/mol. The Morgan fingerprint density at radius 3 is 2.94 bits per heavy atom. The lowest BCUT2D eigenvalue weighted by molar-refractivity contribution is 0.605. The zero-order chi connectivity index (χ0) is 11.1. The SMILES string of the molecule is NC(CC1CC1)c1cc2ccc(F)cc2s1. The number of thiophene rings is 1. The van der Waals surface area contributed by atoms with Crippen LogP contribution >= 0.6 is 11.3 Å². The number of nitrogens with two attached hydrogens (primary N) is 1. The van der Waals surface area contributed by atoms with Gasteiger partial charge in [0.25, 0.3) is 0 Å². The van der Waals surface area contributed by atoms with Crippen LogP contribution in [0.4, 0.5) is 4.39 Å². The van der Waals surface area contributed by atoms with E-state index in [1.807, 2.05) is 6.07 Å². The van der Waals surface area contributed by atoms with Crippen molar-refractivity contribution in [2.75, 3.05) is 0 Å². The summed E-state index contributed by atoms with van der Waals surface area (Å²) in [5.74, 6) is 0.661. The Balaban J connectivity index is 1.91. The molecule has 1 aromatic carbocycles. The average Bonchev–Trinajstić information content (AvgIpc) is 2.95. The molecule has 1 saturated carbocycles. The molecule has 1 atom stereocenters. The molecule has 0 bridgehead atoms. The van der Waals surface area contributed by atoms with Gasteiger partial charge in [-0.2, -0.15) is 0 Å². The monoisotopic (exact) mass is 235 g/mol. The molecule has 3 rings (SSSR count). The summed E-state index contributed by atoms with van der Waals surface area (Å²) in [4.78, 5) is 1.19. The topological polar surface area (TPSA) is 26.0 Å². The normalized spacial score (nSPS) is 17.9. The number of hydrogen-bond acceptors (Lipinski definition) is 2. The molecule has 1 fully saturated rings. The summed E-state index contributed by atoms with van der Waals surface area (Å²) in [6.45, 7) is 0. The van der Waals surface area contributed by atoms with E-state index in [2.05, 4.69) is 6.07 Å². The second kappa shape index (κ2) is 3.82. The third kappa shape index (κ3) is 1.97. The maximum atomic E-state index is 13.0. The summed E-state index contributed by atoms with van der Waals surface area (Å²) in [6.07, 6.45) is 3.73. The van der Waals surface area contributed by atoms with Crippen molar-refractivity contribution >= 4 is 21.4 Å². The minimum Gasteiger partial charge on any atom is -0.323 e. The maximum absolute atomic E-state index is 13.0. The van der Waals surface area contributed by atoms with Crippen molar-refractivity contribution in [2.24, 2.45) is 11.7 Å². The van der Waals surface area contributed by atoms with Gasteiger partial charge in [-0.25, -0.2) is 4.39 Å². The predicted octanol–water partition coefficient (Wildman–Crippen LogP) is 3.84. The number of benzene rings is 1. The fourth-order valence-corrected chi connectivity index (χ4v) is 3.14. The van der Waals surface area contributed by atoms with E-state index in [1.54, 1.807) is 17.4 Å². The molecule has 84 valence electrons. The second-order valence-corrected chi connectivity index (χ2v) is 5.73. The first kappa shape index (κ1) is 10.2. The van der Waals surface area contributed by atoms with E-state index in [1.165, 1.54) is 23.8 Å². The Morgan fingerprint density at radius 2 is 2.19 bits per heavy atom. The Kier molecular flexibility index (Phi) is 2.45. The van der Waals surface area contributed by atoms with Gasteiger partial charge in [0.1, 0.15) is 5.82 Å². The molecule has 2 N–H and O–H groups in total. The molecule has 0 aliphatic heterocycles. The van der Waals surface area contributed by atoms with E-state index < -0.39 is 0 Å². The highest BCUT2D eigenvalue weighted by atomic mass is 32.1. The molecule has 16 heavy (non-hydrogen) atoms. The van der Waals surface area contributed by atoms with Crippen LogP contribution in [0.15, 0.2) is 24.3 Å². The van der Waals surface area contributed by atoms with Gasteiger partial charge in [0, 0.05) is 15.6 Å². The van der Waals surface area contributed by atoms with Crippen molar-refractivity contribution in [3.05, 3.63) is 35.0 Å². The van der Waals surface area contributed by atoms with Crippen LogP contribution in [0, 0.1) is 11.7 Å². The third-order valence-corrected chi connectivity index (χ3v) is 4.38. The van der Waals surface area contributed by atoms with E-state index in [0.29, 0.717) is 0 Å². The van der Waals surface area contributed by atoms with E-state index >= 15 is 0 Å². The summed E-state index contributed by atoms with van der Waals surface area (Å²) in [6, 6.07) is 7.16. The summed E-state index contributed by atoms with van der Waals surface area (Å²) < 4.78 is 14.0. The van der Waals surface area contributed by atoms with Gasteiger partial charge in [0.15, 0.2) is 0 Å². The van der Waals surface area contributed by atoms with E-state index in [0.717, 1.165) is 22.4 Å². The highest BCUT2D eigenvalue weighted by molar-refractivity contribution is 7.19. The largest absolute Gasteiger partial charge is 0.323 e. The van der Waals surface area contributed by atoms with Gasteiger partial charge in [-0.1, -0.05) is 18.9 Å². The van der Waals surface area contributed by atoms with Crippen LogP contribution in [0.1, 0.15) is 30.2 Å². The molecule has 0 amide bonds. The molecule has 0 saturated heterocycles. The molecular formula is C13H14FNS. The van der Waals surface area contributed by atoms with Gasteiger partial charge in [-0.15, -0.1) is 11.3 Å². The molecule has 1 unspecified atom stereocenters. The van der Waals surface area contributed by atoms with Crippen LogP contribution in [-0.4, -0.2) is 0 Å². The van der Waals surface area contributed by atoms with Crippen molar-refractivity contribution in [1.82, 2.24) is 0 Å². The zero-order valence-electron chi connectivity index (χ0n) is 8.95. The van der Waals surface area contributed by atoms with Crippen LogP contribution in [0.5, 0.6) is 0 Å². The molecule has 1 aliphatic rings. The lowest BCUT2D eigenvalue weighted by atomic mass is 10.1. The first-order chi connectivity index (χ1) is 7.72. The standard InChI is InChI=1S/C13H14FNS/c14-10-4-3-9-6-13(16-12(9)7-10)11(15)5-8-1-2-8/h3-4,6-8,11H,1-2,5,15H2. The van der Waals surface area contributed by atoms with Crippen molar-refractivity contribution < 1.29 is 4.39 Å². The summed E-state index contributed by atoms with van der Waals surface area (Å²) in [5, 5.41) is 1.10. The van der Waals surface area contributed by atoms with Gasteiger partial charge < -0.3 is 5.73 Å². The number of hydrogen-bond donors (Lipinski definition) is 1. The maximum Gasteiger partial charge on any atom is 0.124 e. The second-order valence-electron chi connectivity index (χ2n) is 4.62. The summed E-state index contributed by atoms with van der Waals surface area (Å²) >= 11 is 1.62. The molecule has 0 radical (unpaired) electrons. The molecule has 0 spiro atoms. The third-order valence-electron chi connectivity index (χ3n) is 3.15. The minimum absolute atomic E-state index is 0.132. The first-order valence-corrected chi connectivity index (χ1v) is 6.48. The number of halogens is 1. The molecule has 1 heterocycles. The Hall–Kier alpha value is -0.930. The summed E-state index contributed by atoms with van der Waals surface area (Å²) in [7, 11) is 0. The fraction of sp³-hybridized carbons (Fsp3) is 0.385. The highest BCUT2D eigenvalue weighted by Gasteiger charge is 2.25. The van der Waals surface area contributed by atoms with E-state index in [4.69, 9.17) is 5.73 Å². The smallest absolute Gasteiger partial charge is 0.124 e. The molecule has 1 nitrogen and oxygen atoms in total. The van der Waals surface area contributed by atoms with Crippen molar-refractivity contribution in [3.63, 3.8) is 0 Å². The zero-order valence-corrected chi connectivity index (χ0v) is 9.77. The lowest BCUT2D eigenvalue weighted by Gasteiger charge is -2.06. The van der Waals surface area contributed by atoms with Crippen LogP contribution in [0.25, 0.3) is 10.1 Å². The summed E-state index contributed by atoms with van der Waals surface area (Å²) in [5.41, 5.74) is 6.15. The lowest BCUT2D eigenvalue weighted by Crippen LogP contribution is -2.08. The fourth-order valence-electron chi connectivity index (χ4n) is 2.04. The van der Waals surface area contributed by atoms with Gasteiger partial charge in [-0.05, 0) is 35.9 Å². The van der Waals surface area contributed by atoms with Crippen LogP contribution < -0.4 is 5.73 Å². The van der Waals surface area contributed by atoms with E-state index in [-0.39, 0.29) is 11.9 Å². The Morgan fingerprint density at radius 1 is 1.38 bits per heavy atom. The highest BCUT2D eigenvalue weighted by Crippen LogP contribution is 2.39. The quantitative estimate of drug-likeness (QED) is 0.859. The van der Waals surface area contributed by atoms with Crippen LogP contribution in [0.3, 0.4) is 0 Å². The predicted molar refractivity (Wildman–Crippen MR) is 66.1 cm³/mol. The molecular weight excluding hydrogens is 221 g/mol. The van der Waals surface area contributed by atoms with Gasteiger partial charge in [-0.3, -0.25) is 0 Å². The van der Waals surface area contributed by atoms with Crippen molar-refractivity contribution in [2.45, 2.75) is 25.3 Å². The first-order valence-electron chi connectivity index (χ1n) is 5.67. The molecule has 2 aromatic rings. The Bertz CT molecular complexity index is 516. The molecule has 1 aliphatic carbocycles. The number of rotatable bonds is 3. The van der Waals surface area contributed by atoms with Crippen LogP contribution in [-0.2, 0) is 0 Å². The van der Waals surface area contributed by atoms with Gasteiger partial charge in [0.05, 0.1) is 0 Å². The van der Waals surface area contributed by atoms with Gasteiger partial charge in [0.2, 0.25) is 0 Å². The number of fused-ring (bicyclic) bond motifs is 1. The Labute approximate surface area is 98.1 Å². The van der Waals surface area contributed by atoms with Crippen molar-refractivity contribution in [3.8, 4) is 0 Å². The minimum atomic E-state index is -0.170. The molecule has 1 aromatic heterocycles. The van der Waals surface area contributed by atoms with E-state index in [9.17, 15) is 4.39 Å². The van der Waals surface area contributed by atoms with Gasteiger partial charge >= 0.3 is 0 Å². The molecule has 3 heteroatoms. The van der Waals surface area contributed by atoms with Crippen LogP contribution in [0.2, 0.25) is 0 Å².